The van der Waals surface area contributed by atoms with Crippen molar-refractivity contribution in [2.75, 3.05) is 13.6 Å². The third kappa shape index (κ3) is 3.07. The van der Waals surface area contributed by atoms with Gasteiger partial charge >= 0.3 is 0 Å². The van der Waals surface area contributed by atoms with Crippen LogP contribution < -0.4 is 5.32 Å². The Morgan fingerprint density at radius 2 is 2.12 bits per heavy atom. The normalized spacial score (nSPS) is 17.5. The topological polar surface area (TPSA) is 12.0 Å². The van der Waals surface area contributed by atoms with Crippen molar-refractivity contribution in [3.8, 4) is 0 Å². The van der Waals surface area contributed by atoms with Crippen molar-refractivity contribution in [1.29, 1.82) is 0 Å². The summed E-state index contributed by atoms with van der Waals surface area (Å²) in [5.41, 5.74) is 1.89. The van der Waals surface area contributed by atoms with Gasteiger partial charge in [-0.2, -0.15) is 0 Å². The second-order valence-electron chi connectivity index (χ2n) is 5.12. The Labute approximate surface area is 117 Å². The van der Waals surface area contributed by atoms with Crippen LogP contribution in [0.1, 0.15) is 32.3 Å². The Morgan fingerprint density at radius 3 is 2.59 bits per heavy atom. The summed E-state index contributed by atoms with van der Waals surface area (Å²) < 4.78 is 1.25. The molecule has 1 aromatic rings. The first kappa shape index (κ1) is 13.4. The number of benzene rings is 1. The molecule has 0 bridgehead atoms. The van der Waals surface area contributed by atoms with E-state index in [0.717, 1.165) is 6.54 Å². The third-order valence-corrected chi connectivity index (χ3v) is 5.28. The molecule has 0 heterocycles. The van der Waals surface area contributed by atoms with Gasteiger partial charge in [0.1, 0.15) is 0 Å². The highest BCUT2D eigenvalue weighted by Crippen LogP contribution is 2.48. The quantitative estimate of drug-likeness (QED) is 0.818. The maximum absolute atomic E-state index is 3.71. The van der Waals surface area contributed by atoms with Crippen molar-refractivity contribution < 1.29 is 0 Å². The highest BCUT2D eigenvalue weighted by Gasteiger charge is 2.43. The number of hydrogen-bond donors (Lipinski definition) is 1. The summed E-state index contributed by atoms with van der Waals surface area (Å²) in [6, 6.07) is 6.88. The highest BCUT2D eigenvalue weighted by molar-refractivity contribution is 9.10. The van der Waals surface area contributed by atoms with E-state index in [4.69, 9.17) is 0 Å². The van der Waals surface area contributed by atoms with Crippen LogP contribution in [-0.2, 0) is 5.41 Å². The molecule has 0 spiro atoms. The van der Waals surface area contributed by atoms with E-state index in [1.54, 1.807) is 0 Å². The first-order valence-electron chi connectivity index (χ1n) is 6.19. The van der Waals surface area contributed by atoms with Gasteiger partial charge in [-0.25, -0.2) is 0 Å². The number of nitrogens with one attached hydrogen (secondary N) is 1. The molecule has 0 aromatic heterocycles. The van der Waals surface area contributed by atoms with Crippen LogP contribution in [0.3, 0.4) is 0 Å². The standard InChI is InChI=1S/C14H20BrNS/c1-10(2)17-13-5-4-11(8-12(13)15)14(6-7-14)9-16-3/h4-5,8,10,16H,6-7,9H2,1-3H3. The van der Waals surface area contributed by atoms with Gasteiger partial charge in [-0.1, -0.05) is 19.9 Å². The fourth-order valence-corrected chi connectivity index (χ4v) is 3.72. The number of halogens is 1. The lowest BCUT2D eigenvalue weighted by atomic mass is 9.96. The van der Waals surface area contributed by atoms with Gasteiger partial charge in [0.05, 0.1) is 0 Å². The smallest absolute Gasteiger partial charge is 0.0314 e. The molecule has 94 valence electrons. The van der Waals surface area contributed by atoms with Crippen LogP contribution >= 0.6 is 27.7 Å². The molecule has 0 amide bonds. The van der Waals surface area contributed by atoms with E-state index in [0.29, 0.717) is 10.7 Å². The Bertz CT molecular complexity index is 399. The molecule has 1 aliphatic carbocycles. The van der Waals surface area contributed by atoms with E-state index in [2.05, 4.69) is 53.3 Å². The Hall–Kier alpha value is 0.01000. The first-order chi connectivity index (χ1) is 8.07. The second kappa shape index (κ2) is 5.33. The van der Waals surface area contributed by atoms with Gasteiger partial charge in [-0.3, -0.25) is 0 Å². The molecule has 1 saturated carbocycles. The molecule has 0 atom stereocenters. The van der Waals surface area contributed by atoms with Crippen molar-refractivity contribution in [2.45, 2.75) is 42.2 Å². The van der Waals surface area contributed by atoms with Gasteiger partial charge < -0.3 is 5.32 Å². The summed E-state index contributed by atoms with van der Waals surface area (Å²) in [4.78, 5) is 1.35. The van der Waals surface area contributed by atoms with Crippen LogP contribution in [0.4, 0.5) is 0 Å². The number of hydrogen-bond acceptors (Lipinski definition) is 2. The van der Waals surface area contributed by atoms with Crippen molar-refractivity contribution in [3.05, 3.63) is 28.2 Å². The molecule has 0 saturated heterocycles. The highest BCUT2D eigenvalue weighted by atomic mass is 79.9. The molecular formula is C14H20BrNS. The largest absolute Gasteiger partial charge is 0.319 e. The van der Waals surface area contributed by atoms with E-state index in [1.165, 1.54) is 27.8 Å². The van der Waals surface area contributed by atoms with E-state index in [1.807, 2.05) is 18.8 Å². The molecule has 0 aliphatic heterocycles. The fourth-order valence-electron chi connectivity index (χ4n) is 2.24. The Morgan fingerprint density at radius 1 is 1.41 bits per heavy atom. The maximum atomic E-state index is 3.71. The lowest BCUT2D eigenvalue weighted by Gasteiger charge is -2.17. The summed E-state index contributed by atoms with van der Waals surface area (Å²) in [6.45, 7) is 5.55. The van der Waals surface area contributed by atoms with Crippen LogP contribution in [0, 0.1) is 0 Å². The summed E-state index contributed by atoms with van der Waals surface area (Å²) in [7, 11) is 2.04. The average Bonchev–Trinajstić information content (AvgIpc) is 3.02. The van der Waals surface area contributed by atoms with E-state index in [9.17, 15) is 0 Å². The average molecular weight is 314 g/mol. The summed E-state index contributed by atoms with van der Waals surface area (Å²) >= 11 is 5.62. The first-order valence-corrected chi connectivity index (χ1v) is 7.86. The SMILES string of the molecule is CNCC1(c2ccc(SC(C)C)c(Br)c2)CC1. The maximum Gasteiger partial charge on any atom is 0.0314 e. The molecule has 0 radical (unpaired) electrons. The third-order valence-electron chi connectivity index (χ3n) is 3.28. The summed E-state index contributed by atoms with van der Waals surface area (Å²) in [6.07, 6.45) is 2.63. The zero-order chi connectivity index (χ0) is 12.5. The van der Waals surface area contributed by atoms with Gasteiger partial charge in [0, 0.05) is 26.6 Å². The molecule has 1 aliphatic rings. The second-order valence-corrected chi connectivity index (χ2v) is 7.60. The minimum atomic E-state index is 0.415. The summed E-state index contributed by atoms with van der Waals surface area (Å²) in [5.74, 6) is 0. The van der Waals surface area contributed by atoms with E-state index >= 15 is 0 Å². The monoisotopic (exact) mass is 313 g/mol. The number of thioether (sulfide) groups is 1. The number of rotatable bonds is 5. The van der Waals surface area contributed by atoms with Crippen LogP contribution in [0.15, 0.2) is 27.6 Å². The van der Waals surface area contributed by atoms with Gasteiger partial charge in [-0.05, 0) is 53.5 Å². The molecule has 1 nitrogen and oxygen atoms in total. The van der Waals surface area contributed by atoms with Crippen molar-refractivity contribution in [3.63, 3.8) is 0 Å². The molecule has 1 aromatic carbocycles. The Kier molecular flexibility index (Phi) is 4.22. The molecule has 2 rings (SSSR count). The molecule has 0 unspecified atom stereocenters. The zero-order valence-corrected chi connectivity index (χ0v) is 13.1. The molecular weight excluding hydrogens is 294 g/mol. The van der Waals surface area contributed by atoms with E-state index in [-0.39, 0.29) is 0 Å². The summed E-state index contributed by atoms with van der Waals surface area (Å²) in [5, 5.41) is 3.94. The number of likely N-dealkylation sites (N-methyl/N-ethyl adjacent to an activating group) is 1. The van der Waals surface area contributed by atoms with Crippen molar-refractivity contribution >= 4 is 27.7 Å². The minimum Gasteiger partial charge on any atom is -0.319 e. The predicted octanol–water partition coefficient (Wildman–Crippen LogP) is 4.20. The van der Waals surface area contributed by atoms with Gasteiger partial charge in [-0.15, -0.1) is 11.8 Å². The molecule has 1 fully saturated rings. The van der Waals surface area contributed by atoms with E-state index < -0.39 is 0 Å². The van der Waals surface area contributed by atoms with Crippen LogP contribution in [0.25, 0.3) is 0 Å². The van der Waals surface area contributed by atoms with Crippen molar-refractivity contribution in [2.24, 2.45) is 0 Å². The molecule has 3 heteroatoms. The van der Waals surface area contributed by atoms with Gasteiger partial charge in [0.2, 0.25) is 0 Å². The lowest BCUT2D eigenvalue weighted by Crippen LogP contribution is -2.23. The molecule has 17 heavy (non-hydrogen) atoms. The lowest BCUT2D eigenvalue weighted by molar-refractivity contribution is 0.623. The van der Waals surface area contributed by atoms with Crippen LogP contribution in [-0.4, -0.2) is 18.8 Å². The van der Waals surface area contributed by atoms with Gasteiger partial charge in [0.25, 0.3) is 0 Å². The van der Waals surface area contributed by atoms with Crippen LogP contribution in [0.2, 0.25) is 0 Å². The van der Waals surface area contributed by atoms with Crippen LogP contribution in [0.5, 0.6) is 0 Å². The molecule has 1 N–H and O–H groups in total. The van der Waals surface area contributed by atoms with Crippen molar-refractivity contribution in [1.82, 2.24) is 5.32 Å². The minimum absolute atomic E-state index is 0.415. The van der Waals surface area contributed by atoms with Gasteiger partial charge in [0.15, 0.2) is 0 Å². The zero-order valence-electron chi connectivity index (χ0n) is 10.7. The predicted molar refractivity (Wildman–Crippen MR) is 80.0 cm³/mol. The Balaban J connectivity index is 2.19. The fraction of sp³-hybridized carbons (Fsp3) is 0.571.